The fourth-order valence-corrected chi connectivity index (χ4v) is 2.58. The summed E-state index contributed by atoms with van der Waals surface area (Å²) in [5.41, 5.74) is 0.771. The molecule has 92 valence electrons. The SMILES string of the molecule is CCNC1CCN(c2cc(Cl)cc(Cl)c2)C1=O. The highest BCUT2D eigenvalue weighted by Gasteiger charge is 2.31. The molecule has 1 aliphatic rings. The Kier molecular flexibility index (Phi) is 3.92. The third-order valence-corrected chi connectivity index (χ3v) is 3.25. The van der Waals surface area contributed by atoms with E-state index in [0.717, 1.165) is 18.7 Å². The topological polar surface area (TPSA) is 32.3 Å². The number of hydrogen-bond acceptors (Lipinski definition) is 2. The molecule has 0 radical (unpaired) electrons. The molecule has 1 heterocycles. The minimum Gasteiger partial charge on any atom is -0.311 e. The summed E-state index contributed by atoms with van der Waals surface area (Å²) in [5.74, 6) is 0.0881. The van der Waals surface area contributed by atoms with Gasteiger partial charge in [0.05, 0.1) is 6.04 Å². The van der Waals surface area contributed by atoms with Crippen molar-refractivity contribution < 1.29 is 4.79 Å². The predicted molar refractivity (Wildman–Crippen MR) is 70.9 cm³/mol. The average molecular weight is 273 g/mol. The highest BCUT2D eigenvalue weighted by molar-refractivity contribution is 6.35. The lowest BCUT2D eigenvalue weighted by molar-refractivity contribution is -0.118. The Bertz CT molecular complexity index is 416. The zero-order valence-electron chi connectivity index (χ0n) is 9.54. The zero-order chi connectivity index (χ0) is 12.4. The summed E-state index contributed by atoms with van der Waals surface area (Å²) >= 11 is 11.9. The Labute approximate surface area is 111 Å². The summed E-state index contributed by atoms with van der Waals surface area (Å²) in [6.45, 7) is 3.49. The summed E-state index contributed by atoms with van der Waals surface area (Å²) in [6.07, 6.45) is 0.816. The third-order valence-electron chi connectivity index (χ3n) is 2.82. The molecule has 3 nitrogen and oxygen atoms in total. The molecule has 1 amide bonds. The van der Waals surface area contributed by atoms with Crippen LogP contribution < -0.4 is 10.2 Å². The summed E-state index contributed by atoms with van der Waals surface area (Å²) in [4.78, 5) is 13.8. The van der Waals surface area contributed by atoms with E-state index in [1.165, 1.54) is 0 Å². The van der Waals surface area contributed by atoms with Gasteiger partial charge in [-0.2, -0.15) is 0 Å². The predicted octanol–water partition coefficient (Wildman–Crippen LogP) is 2.71. The number of likely N-dealkylation sites (N-methyl/N-ethyl adjacent to an activating group) is 1. The first kappa shape index (κ1) is 12.7. The molecule has 1 aromatic rings. The molecule has 5 heteroatoms. The Balaban J connectivity index is 2.21. The molecule has 0 aromatic heterocycles. The minimum atomic E-state index is -0.0854. The molecule has 0 saturated carbocycles. The van der Waals surface area contributed by atoms with Gasteiger partial charge in [0.15, 0.2) is 0 Å². The van der Waals surface area contributed by atoms with Crippen molar-refractivity contribution in [1.82, 2.24) is 5.32 Å². The van der Waals surface area contributed by atoms with Crippen LogP contribution in [0.25, 0.3) is 0 Å². The van der Waals surface area contributed by atoms with Gasteiger partial charge < -0.3 is 10.2 Å². The van der Waals surface area contributed by atoms with Crippen molar-refractivity contribution in [3.05, 3.63) is 28.2 Å². The number of halogens is 2. The Hall–Kier alpha value is -0.770. The van der Waals surface area contributed by atoms with E-state index in [0.29, 0.717) is 16.6 Å². The third kappa shape index (κ3) is 2.73. The van der Waals surface area contributed by atoms with Crippen molar-refractivity contribution in [1.29, 1.82) is 0 Å². The number of nitrogens with one attached hydrogen (secondary N) is 1. The van der Waals surface area contributed by atoms with Gasteiger partial charge in [0, 0.05) is 22.3 Å². The Morgan fingerprint density at radius 2 is 2.00 bits per heavy atom. The van der Waals surface area contributed by atoms with E-state index in [1.54, 1.807) is 23.1 Å². The van der Waals surface area contributed by atoms with Gasteiger partial charge in [0.1, 0.15) is 0 Å². The summed E-state index contributed by atoms with van der Waals surface area (Å²) in [6, 6.07) is 5.10. The monoisotopic (exact) mass is 272 g/mol. The van der Waals surface area contributed by atoms with Crippen LogP contribution in [0.3, 0.4) is 0 Å². The maximum atomic E-state index is 12.1. The second-order valence-corrected chi connectivity index (χ2v) is 4.89. The van der Waals surface area contributed by atoms with Crippen LogP contribution in [-0.2, 0) is 4.79 Å². The van der Waals surface area contributed by atoms with E-state index < -0.39 is 0 Å². The van der Waals surface area contributed by atoms with E-state index in [-0.39, 0.29) is 11.9 Å². The average Bonchev–Trinajstić information content (AvgIpc) is 2.60. The summed E-state index contributed by atoms with van der Waals surface area (Å²) in [5, 5.41) is 4.26. The Morgan fingerprint density at radius 1 is 1.35 bits per heavy atom. The van der Waals surface area contributed by atoms with E-state index >= 15 is 0 Å². The fourth-order valence-electron chi connectivity index (χ4n) is 2.07. The van der Waals surface area contributed by atoms with Crippen LogP contribution >= 0.6 is 23.2 Å². The molecule has 1 unspecified atom stereocenters. The molecule has 0 aliphatic carbocycles. The lowest BCUT2D eigenvalue weighted by Gasteiger charge is -2.17. The molecule has 2 rings (SSSR count). The number of hydrogen-bond donors (Lipinski definition) is 1. The van der Waals surface area contributed by atoms with Crippen LogP contribution in [0.4, 0.5) is 5.69 Å². The maximum Gasteiger partial charge on any atom is 0.244 e. The standard InChI is InChI=1S/C12H14Cl2N2O/c1-2-15-11-3-4-16(12(11)17)10-6-8(13)5-9(14)7-10/h5-7,11,15H,2-4H2,1H3. The van der Waals surface area contributed by atoms with Crippen LogP contribution in [0.15, 0.2) is 18.2 Å². The van der Waals surface area contributed by atoms with Crippen molar-refractivity contribution >= 4 is 34.8 Å². The highest BCUT2D eigenvalue weighted by Crippen LogP contribution is 2.28. The molecular formula is C12H14Cl2N2O. The second kappa shape index (κ2) is 5.25. The van der Waals surface area contributed by atoms with Gasteiger partial charge in [-0.3, -0.25) is 4.79 Å². The Morgan fingerprint density at radius 3 is 2.59 bits per heavy atom. The van der Waals surface area contributed by atoms with Crippen LogP contribution in [0, 0.1) is 0 Å². The van der Waals surface area contributed by atoms with Crippen molar-refractivity contribution in [2.24, 2.45) is 0 Å². The van der Waals surface area contributed by atoms with E-state index in [9.17, 15) is 4.79 Å². The first-order chi connectivity index (χ1) is 8.11. The first-order valence-electron chi connectivity index (χ1n) is 5.62. The lowest BCUT2D eigenvalue weighted by atomic mass is 10.2. The number of amides is 1. The number of nitrogens with zero attached hydrogens (tertiary/aromatic N) is 1. The largest absolute Gasteiger partial charge is 0.311 e. The number of benzene rings is 1. The van der Waals surface area contributed by atoms with Crippen LogP contribution in [0.5, 0.6) is 0 Å². The molecule has 1 saturated heterocycles. The number of anilines is 1. The second-order valence-electron chi connectivity index (χ2n) is 4.02. The molecule has 1 aliphatic heterocycles. The summed E-state index contributed by atoms with van der Waals surface area (Å²) in [7, 11) is 0. The van der Waals surface area contributed by atoms with Crippen LogP contribution in [-0.4, -0.2) is 25.0 Å². The van der Waals surface area contributed by atoms with Crippen molar-refractivity contribution in [2.75, 3.05) is 18.0 Å². The quantitative estimate of drug-likeness (QED) is 0.918. The van der Waals surface area contributed by atoms with Crippen LogP contribution in [0.1, 0.15) is 13.3 Å². The van der Waals surface area contributed by atoms with Gasteiger partial charge in [0.2, 0.25) is 5.91 Å². The lowest BCUT2D eigenvalue weighted by Crippen LogP contribution is -2.38. The number of rotatable bonds is 3. The van der Waals surface area contributed by atoms with Crippen molar-refractivity contribution in [2.45, 2.75) is 19.4 Å². The maximum absolute atomic E-state index is 12.1. The van der Waals surface area contributed by atoms with Crippen LogP contribution in [0.2, 0.25) is 10.0 Å². The summed E-state index contributed by atoms with van der Waals surface area (Å²) < 4.78 is 0. The fraction of sp³-hybridized carbons (Fsp3) is 0.417. The number of carbonyl (C=O) groups is 1. The first-order valence-corrected chi connectivity index (χ1v) is 6.38. The van der Waals surface area contributed by atoms with Gasteiger partial charge >= 0.3 is 0 Å². The van der Waals surface area contributed by atoms with Gasteiger partial charge in [-0.05, 0) is 31.2 Å². The molecule has 1 fully saturated rings. The van der Waals surface area contributed by atoms with Crippen molar-refractivity contribution in [3.8, 4) is 0 Å². The van der Waals surface area contributed by atoms with Gasteiger partial charge in [-0.15, -0.1) is 0 Å². The molecule has 1 N–H and O–H groups in total. The van der Waals surface area contributed by atoms with E-state index in [1.807, 2.05) is 6.92 Å². The number of carbonyl (C=O) groups excluding carboxylic acids is 1. The van der Waals surface area contributed by atoms with Gasteiger partial charge in [-0.1, -0.05) is 30.1 Å². The van der Waals surface area contributed by atoms with E-state index in [4.69, 9.17) is 23.2 Å². The normalized spacial score (nSPS) is 20.1. The molecule has 0 bridgehead atoms. The minimum absolute atomic E-state index is 0.0854. The molecule has 1 aromatic carbocycles. The van der Waals surface area contributed by atoms with Gasteiger partial charge in [0.25, 0.3) is 0 Å². The smallest absolute Gasteiger partial charge is 0.244 e. The highest BCUT2D eigenvalue weighted by atomic mass is 35.5. The zero-order valence-corrected chi connectivity index (χ0v) is 11.1. The van der Waals surface area contributed by atoms with Crippen molar-refractivity contribution in [3.63, 3.8) is 0 Å². The molecule has 0 spiro atoms. The molecule has 17 heavy (non-hydrogen) atoms. The molecule has 1 atom stereocenters. The molecular weight excluding hydrogens is 259 g/mol. The van der Waals surface area contributed by atoms with E-state index in [2.05, 4.69) is 5.32 Å². The van der Waals surface area contributed by atoms with Gasteiger partial charge in [-0.25, -0.2) is 0 Å².